The van der Waals surface area contributed by atoms with Gasteiger partial charge in [0.2, 0.25) is 0 Å². The van der Waals surface area contributed by atoms with E-state index in [1.54, 1.807) is 7.11 Å². The maximum atomic E-state index is 5.44. The molecule has 0 aliphatic heterocycles. The quantitative estimate of drug-likeness (QED) is 0.475. The van der Waals surface area contributed by atoms with Crippen LogP contribution < -0.4 is 5.32 Å². The highest BCUT2D eigenvalue weighted by molar-refractivity contribution is 4.47. The number of methoxy groups -OCH3 is 1. The Kier molecular flexibility index (Phi) is 15.7. The second-order valence-electron chi connectivity index (χ2n) is 4.03. The Morgan fingerprint density at radius 1 is 0.765 bits per heavy atom. The molecule has 0 aliphatic carbocycles. The minimum absolute atomic E-state index is 0.688. The van der Waals surface area contributed by atoms with Gasteiger partial charge >= 0.3 is 0 Å². The van der Waals surface area contributed by atoms with Crippen LogP contribution in [0.25, 0.3) is 0 Å². The summed E-state index contributed by atoms with van der Waals surface area (Å²) < 4.78 is 15.7. The largest absolute Gasteiger partial charge is 0.382 e. The Balaban J connectivity index is 2.85. The van der Waals surface area contributed by atoms with Crippen molar-refractivity contribution in [1.29, 1.82) is 0 Å². The van der Waals surface area contributed by atoms with Gasteiger partial charge in [-0.2, -0.15) is 0 Å². The molecule has 0 amide bonds. The second kappa shape index (κ2) is 15.8. The fourth-order valence-electron chi connectivity index (χ4n) is 1.32. The second-order valence-corrected chi connectivity index (χ2v) is 4.03. The molecule has 0 aliphatic rings. The molecule has 0 aromatic rings. The van der Waals surface area contributed by atoms with E-state index in [2.05, 4.69) is 12.2 Å². The lowest BCUT2D eigenvalue weighted by Gasteiger charge is -2.06. The molecular weight excluding hydrogens is 218 g/mol. The summed E-state index contributed by atoms with van der Waals surface area (Å²) in [6, 6.07) is 0. The molecular formula is C13H29NO3. The van der Waals surface area contributed by atoms with Crippen molar-refractivity contribution >= 4 is 0 Å². The van der Waals surface area contributed by atoms with E-state index in [0.29, 0.717) is 13.2 Å². The predicted molar refractivity (Wildman–Crippen MR) is 70.5 cm³/mol. The van der Waals surface area contributed by atoms with Crippen molar-refractivity contribution in [1.82, 2.24) is 5.32 Å². The van der Waals surface area contributed by atoms with Crippen molar-refractivity contribution in [2.45, 2.75) is 32.6 Å². The van der Waals surface area contributed by atoms with Crippen molar-refractivity contribution in [3.63, 3.8) is 0 Å². The summed E-state index contributed by atoms with van der Waals surface area (Å²) in [4.78, 5) is 0. The fourth-order valence-corrected chi connectivity index (χ4v) is 1.32. The van der Waals surface area contributed by atoms with Gasteiger partial charge in [0.25, 0.3) is 0 Å². The molecule has 0 saturated heterocycles. The highest BCUT2D eigenvalue weighted by Gasteiger charge is 1.91. The smallest absolute Gasteiger partial charge is 0.0700 e. The van der Waals surface area contributed by atoms with E-state index in [9.17, 15) is 0 Å². The summed E-state index contributed by atoms with van der Waals surface area (Å²) >= 11 is 0. The number of hydrogen-bond acceptors (Lipinski definition) is 4. The van der Waals surface area contributed by atoms with Crippen molar-refractivity contribution < 1.29 is 14.2 Å². The van der Waals surface area contributed by atoms with Crippen molar-refractivity contribution in [3.05, 3.63) is 0 Å². The van der Waals surface area contributed by atoms with Gasteiger partial charge in [-0.1, -0.05) is 13.3 Å². The molecule has 0 aromatic heterocycles. The molecule has 0 rings (SSSR count). The fraction of sp³-hybridized carbons (Fsp3) is 1.00. The summed E-state index contributed by atoms with van der Waals surface area (Å²) in [6.07, 6.45) is 4.63. The van der Waals surface area contributed by atoms with Crippen LogP contribution in [0, 0.1) is 0 Å². The Hall–Kier alpha value is -0.160. The highest BCUT2D eigenvalue weighted by Crippen LogP contribution is 1.89. The summed E-state index contributed by atoms with van der Waals surface area (Å²) in [6.45, 7) is 8.12. The number of ether oxygens (including phenoxy) is 3. The van der Waals surface area contributed by atoms with Gasteiger partial charge in [0.05, 0.1) is 19.8 Å². The lowest BCUT2D eigenvalue weighted by Crippen LogP contribution is -2.21. The zero-order valence-electron chi connectivity index (χ0n) is 11.5. The normalized spacial score (nSPS) is 10.9. The van der Waals surface area contributed by atoms with E-state index < -0.39 is 0 Å². The number of hydrogen-bond donors (Lipinski definition) is 1. The van der Waals surface area contributed by atoms with Crippen molar-refractivity contribution in [3.8, 4) is 0 Å². The predicted octanol–water partition coefficient (Wildman–Crippen LogP) is 1.84. The average molecular weight is 247 g/mol. The highest BCUT2D eigenvalue weighted by atomic mass is 16.5. The van der Waals surface area contributed by atoms with E-state index in [1.165, 1.54) is 12.8 Å². The summed E-state index contributed by atoms with van der Waals surface area (Å²) in [7, 11) is 1.69. The van der Waals surface area contributed by atoms with Crippen LogP contribution in [-0.4, -0.2) is 53.2 Å². The van der Waals surface area contributed by atoms with Gasteiger partial charge in [-0.15, -0.1) is 0 Å². The standard InChI is InChI=1S/C13H29NO3/c1-3-4-9-16-11-8-14-7-5-6-10-17-13-12-15-2/h14H,3-13H2,1-2H3. The van der Waals surface area contributed by atoms with Gasteiger partial charge in [-0.05, 0) is 25.8 Å². The summed E-state index contributed by atoms with van der Waals surface area (Å²) in [5.41, 5.74) is 0. The zero-order chi connectivity index (χ0) is 12.6. The Bertz CT molecular complexity index is 120. The minimum Gasteiger partial charge on any atom is -0.382 e. The Morgan fingerprint density at radius 3 is 2.29 bits per heavy atom. The van der Waals surface area contributed by atoms with Gasteiger partial charge in [0.1, 0.15) is 0 Å². The first-order chi connectivity index (χ1) is 8.41. The van der Waals surface area contributed by atoms with Crippen molar-refractivity contribution in [2.75, 3.05) is 53.2 Å². The number of rotatable bonds is 14. The first-order valence-electron chi connectivity index (χ1n) is 6.77. The number of unbranched alkanes of at least 4 members (excludes halogenated alkanes) is 2. The van der Waals surface area contributed by atoms with Crippen LogP contribution in [0.2, 0.25) is 0 Å². The maximum Gasteiger partial charge on any atom is 0.0700 e. The molecule has 104 valence electrons. The maximum absolute atomic E-state index is 5.44. The summed E-state index contributed by atoms with van der Waals surface area (Å²) in [5.74, 6) is 0. The molecule has 1 N–H and O–H groups in total. The monoisotopic (exact) mass is 247 g/mol. The molecule has 0 aromatic carbocycles. The first kappa shape index (κ1) is 16.8. The van der Waals surface area contributed by atoms with Crippen LogP contribution in [0.5, 0.6) is 0 Å². The molecule has 4 heteroatoms. The average Bonchev–Trinajstić information content (AvgIpc) is 2.35. The Morgan fingerprint density at radius 2 is 1.53 bits per heavy atom. The van der Waals surface area contributed by atoms with Gasteiger partial charge in [-0.25, -0.2) is 0 Å². The molecule has 17 heavy (non-hydrogen) atoms. The van der Waals surface area contributed by atoms with Gasteiger partial charge in [0, 0.05) is 26.9 Å². The molecule has 0 radical (unpaired) electrons. The van der Waals surface area contributed by atoms with Gasteiger partial charge in [0.15, 0.2) is 0 Å². The molecule has 0 spiro atoms. The van der Waals surface area contributed by atoms with Gasteiger partial charge < -0.3 is 19.5 Å². The topological polar surface area (TPSA) is 39.7 Å². The van der Waals surface area contributed by atoms with Crippen LogP contribution in [0.4, 0.5) is 0 Å². The molecule has 4 nitrogen and oxygen atoms in total. The molecule has 0 bridgehead atoms. The third-order valence-electron chi connectivity index (χ3n) is 2.39. The number of nitrogens with one attached hydrogen (secondary N) is 1. The van der Waals surface area contributed by atoms with Crippen LogP contribution in [-0.2, 0) is 14.2 Å². The lowest BCUT2D eigenvalue weighted by atomic mass is 10.3. The molecule has 0 unspecified atom stereocenters. The third kappa shape index (κ3) is 15.8. The molecule has 0 heterocycles. The third-order valence-corrected chi connectivity index (χ3v) is 2.39. The van der Waals surface area contributed by atoms with E-state index >= 15 is 0 Å². The Labute approximate surface area is 106 Å². The van der Waals surface area contributed by atoms with E-state index in [-0.39, 0.29) is 0 Å². The summed E-state index contributed by atoms with van der Waals surface area (Å²) in [5, 5.41) is 3.36. The van der Waals surface area contributed by atoms with E-state index in [0.717, 1.165) is 45.8 Å². The van der Waals surface area contributed by atoms with E-state index in [4.69, 9.17) is 14.2 Å². The van der Waals surface area contributed by atoms with Crippen LogP contribution >= 0.6 is 0 Å². The van der Waals surface area contributed by atoms with Gasteiger partial charge in [-0.3, -0.25) is 0 Å². The first-order valence-corrected chi connectivity index (χ1v) is 6.77. The van der Waals surface area contributed by atoms with Crippen LogP contribution in [0.3, 0.4) is 0 Å². The van der Waals surface area contributed by atoms with Crippen LogP contribution in [0.1, 0.15) is 32.6 Å². The SMILES string of the molecule is CCCCOCCNCCCCOCCOC. The molecule has 0 fully saturated rings. The molecule has 0 saturated carbocycles. The lowest BCUT2D eigenvalue weighted by molar-refractivity contribution is 0.0687. The van der Waals surface area contributed by atoms with E-state index in [1.807, 2.05) is 0 Å². The minimum atomic E-state index is 0.688. The van der Waals surface area contributed by atoms with Crippen LogP contribution in [0.15, 0.2) is 0 Å². The van der Waals surface area contributed by atoms with Crippen molar-refractivity contribution in [2.24, 2.45) is 0 Å². The zero-order valence-corrected chi connectivity index (χ0v) is 11.5. The molecule has 0 atom stereocenters.